The fourth-order valence-electron chi connectivity index (χ4n) is 3.28. The maximum Gasteiger partial charge on any atom is 0.417 e. The average Bonchev–Trinajstić information content (AvgIpc) is 2.74. The number of rotatable bonds is 3. The second kappa shape index (κ2) is 8.08. The summed E-state index contributed by atoms with van der Waals surface area (Å²) < 4.78 is 40.7. The lowest BCUT2D eigenvalue weighted by Crippen LogP contribution is -2.43. The number of anilines is 2. The van der Waals surface area contributed by atoms with Gasteiger partial charge in [0, 0.05) is 43.5 Å². The van der Waals surface area contributed by atoms with Crippen molar-refractivity contribution in [3.8, 4) is 11.3 Å². The molecule has 10 heteroatoms. The number of hydrogen-bond donors (Lipinski definition) is 3. The zero-order valence-corrected chi connectivity index (χ0v) is 15.5. The van der Waals surface area contributed by atoms with Crippen LogP contribution in [0.1, 0.15) is 5.56 Å². The number of guanidine groups is 1. The van der Waals surface area contributed by atoms with Crippen LogP contribution >= 0.6 is 0 Å². The Labute approximate surface area is 165 Å². The quantitative estimate of drug-likeness (QED) is 0.734. The van der Waals surface area contributed by atoms with Crippen LogP contribution in [0.5, 0.6) is 0 Å². The van der Waals surface area contributed by atoms with Crippen molar-refractivity contribution in [1.82, 2.24) is 15.6 Å². The largest absolute Gasteiger partial charge is 0.417 e. The molecule has 3 N–H and O–H groups in total. The van der Waals surface area contributed by atoms with Gasteiger partial charge in [0.1, 0.15) is 12.5 Å². The van der Waals surface area contributed by atoms with Gasteiger partial charge in [0.15, 0.2) is 0 Å². The van der Waals surface area contributed by atoms with E-state index in [1.807, 2.05) is 6.07 Å². The number of alkyl halides is 3. The third kappa shape index (κ3) is 4.48. The third-order valence-electron chi connectivity index (χ3n) is 4.65. The van der Waals surface area contributed by atoms with Crippen LogP contribution in [0.4, 0.5) is 24.7 Å². The molecule has 1 aromatic heterocycles. The second-order valence-corrected chi connectivity index (χ2v) is 6.61. The van der Waals surface area contributed by atoms with Crippen LogP contribution in [-0.4, -0.2) is 50.1 Å². The Morgan fingerprint density at radius 1 is 1.07 bits per heavy atom. The molecule has 1 fully saturated rings. The first-order chi connectivity index (χ1) is 14.0. The molecule has 7 nitrogen and oxygen atoms in total. The summed E-state index contributed by atoms with van der Waals surface area (Å²) in [6.07, 6.45) is -2.96. The van der Waals surface area contributed by atoms with Gasteiger partial charge < -0.3 is 20.9 Å². The van der Waals surface area contributed by atoms with Crippen molar-refractivity contribution in [1.29, 1.82) is 0 Å². The van der Waals surface area contributed by atoms with Gasteiger partial charge in [-0.2, -0.15) is 13.2 Å². The molecule has 4 rings (SSSR count). The van der Waals surface area contributed by atoms with Gasteiger partial charge in [-0.25, -0.2) is 9.98 Å². The number of aliphatic imine (C=N–C) groups is 2. The average molecular weight is 403 g/mol. The fraction of sp³-hybridized carbons (Fsp3) is 0.316. The van der Waals surface area contributed by atoms with Gasteiger partial charge >= 0.3 is 6.18 Å². The maximum absolute atomic E-state index is 13.6. The molecule has 2 aliphatic rings. The van der Waals surface area contributed by atoms with Gasteiger partial charge in [0.2, 0.25) is 5.96 Å². The lowest BCUT2D eigenvalue weighted by Gasteiger charge is -2.30. The first-order valence-electron chi connectivity index (χ1n) is 9.21. The van der Waals surface area contributed by atoms with Crippen molar-refractivity contribution in [3.05, 3.63) is 42.0 Å². The van der Waals surface area contributed by atoms with Crippen molar-refractivity contribution >= 4 is 23.8 Å². The van der Waals surface area contributed by atoms with Gasteiger partial charge in [-0.05, 0) is 12.1 Å². The smallest absolute Gasteiger partial charge is 0.369 e. The summed E-state index contributed by atoms with van der Waals surface area (Å²) in [5, 5.41) is 9.18. The molecular weight excluding hydrogens is 383 g/mol. The van der Waals surface area contributed by atoms with Gasteiger partial charge in [0.05, 0.1) is 17.6 Å². The topological polar surface area (TPSA) is 76.9 Å². The van der Waals surface area contributed by atoms with Crippen molar-refractivity contribution < 1.29 is 13.2 Å². The highest BCUT2D eigenvalue weighted by Gasteiger charge is 2.34. The molecule has 0 radical (unpaired) electrons. The summed E-state index contributed by atoms with van der Waals surface area (Å²) in [7, 11) is 0. The minimum absolute atomic E-state index is 0.0418. The Morgan fingerprint density at radius 2 is 1.86 bits per heavy atom. The Hall–Kier alpha value is -3.14. The molecule has 152 valence electrons. The normalized spacial score (nSPS) is 16.9. The lowest BCUT2D eigenvalue weighted by molar-refractivity contribution is -0.137. The molecule has 1 saturated heterocycles. The molecule has 0 spiro atoms. The molecule has 0 bridgehead atoms. The minimum atomic E-state index is -4.47. The number of piperazine rings is 1. The summed E-state index contributed by atoms with van der Waals surface area (Å²) in [4.78, 5) is 14.7. The number of pyridine rings is 1. The molecule has 0 unspecified atom stereocenters. The summed E-state index contributed by atoms with van der Waals surface area (Å²) in [5.41, 5.74) is 0.388. The number of hydrogen-bond acceptors (Lipinski definition) is 7. The molecule has 0 saturated carbocycles. The molecule has 0 aliphatic carbocycles. The number of aromatic nitrogens is 1. The number of benzene rings is 1. The van der Waals surface area contributed by atoms with Gasteiger partial charge in [-0.15, -0.1) is 0 Å². The van der Waals surface area contributed by atoms with E-state index in [1.54, 1.807) is 12.1 Å². The zero-order valence-electron chi connectivity index (χ0n) is 15.5. The minimum Gasteiger partial charge on any atom is -0.369 e. The Kier molecular flexibility index (Phi) is 5.34. The Balaban J connectivity index is 1.76. The van der Waals surface area contributed by atoms with Crippen molar-refractivity contribution in [2.45, 2.75) is 6.18 Å². The van der Waals surface area contributed by atoms with Gasteiger partial charge in [-0.1, -0.05) is 18.2 Å². The van der Waals surface area contributed by atoms with Crippen LogP contribution in [0, 0.1) is 0 Å². The number of nitrogens with zero attached hydrogens (tertiary/aromatic N) is 4. The molecule has 0 amide bonds. The molecule has 2 aliphatic heterocycles. The predicted octanol–water partition coefficient (Wildman–Crippen LogP) is 2.53. The first kappa shape index (κ1) is 19.2. The number of nitrogens with one attached hydrogen (secondary N) is 3. The first-order valence-corrected chi connectivity index (χ1v) is 9.21. The van der Waals surface area contributed by atoms with E-state index in [0.29, 0.717) is 11.8 Å². The monoisotopic (exact) mass is 403 g/mol. The maximum atomic E-state index is 13.6. The highest BCUT2D eigenvalue weighted by molar-refractivity contribution is 6.00. The van der Waals surface area contributed by atoms with E-state index >= 15 is 0 Å². The summed E-state index contributed by atoms with van der Waals surface area (Å²) in [6.45, 7) is 3.41. The summed E-state index contributed by atoms with van der Waals surface area (Å²) >= 11 is 0. The van der Waals surface area contributed by atoms with E-state index in [2.05, 4.69) is 35.8 Å². The van der Waals surface area contributed by atoms with E-state index in [9.17, 15) is 13.2 Å². The van der Waals surface area contributed by atoms with Crippen molar-refractivity contribution in [2.75, 3.05) is 43.1 Å². The molecule has 3 heterocycles. The van der Waals surface area contributed by atoms with E-state index in [1.165, 1.54) is 18.5 Å². The second-order valence-electron chi connectivity index (χ2n) is 6.61. The summed E-state index contributed by atoms with van der Waals surface area (Å²) in [6, 6.07) is 9.01. The van der Waals surface area contributed by atoms with Crippen molar-refractivity contribution in [2.24, 2.45) is 9.98 Å². The zero-order chi connectivity index (χ0) is 20.3. The van der Waals surface area contributed by atoms with E-state index in [0.717, 1.165) is 37.9 Å². The van der Waals surface area contributed by atoms with E-state index in [4.69, 9.17) is 0 Å². The van der Waals surface area contributed by atoms with Crippen molar-refractivity contribution in [3.63, 3.8) is 0 Å². The lowest BCUT2D eigenvalue weighted by atomic mass is 10.0. The van der Waals surface area contributed by atoms with Gasteiger partial charge in [-0.3, -0.25) is 4.99 Å². The van der Waals surface area contributed by atoms with Crippen LogP contribution < -0.4 is 20.9 Å². The van der Waals surface area contributed by atoms with Crippen LogP contribution in [0.3, 0.4) is 0 Å². The van der Waals surface area contributed by atoms with Crippen LogP contribution in [0.15, 0.2) is 46.4 Å². The highest BCUT2D eigenvalue weighted by atomic mass is 19.4. The predicted molar refractivity (Wildman–Crippen MR) is 107 cm³/mol. The molecule has 0 atom stereocenters. The molecule has 2 aromatic rings. The third-order valence-corrected chi connectivity index (χ3v) is 4.65. The SMILES string of the molecule is FC(F)(F)c1ccccc1-c1cc(N2CCNCC2)cc(NC2=NCN=CN2)n1. The van der Waals surface area contributed by atoms with Crippen LogP contribution in [0.2, 0.25) is 0 Å². The molecule has 1 aromatic carbocycles. The Morgan fingerprint density at radius 3 is 2.59 bits per heavy atom. The van der Waals surface area contributed by atoms with Crippen LogP contribution in [-0.2, 0) is 6.18 Å². The number of halogens is 3. The van der Waals surface area contributed by atoms with E-state index in [-0.39, 0.29) is 17.9 Å². The standard InChI is InChI=1S/C19H20F3N7/c20-19(21,22)15-4-2-1-3-14(15)16-9-13(29-7-5-23-6-8-29)10-17(27-16)28-18-25-11-24-12-26-18/h1-4,9-11,23H,5-8,12H2,(H2,24,25,26,27,28). The van der Waals surface area contributed by atoms with Crippen LogP contribution in [0.25, 0.3) is 11.3 Å². The summed E-state index contributed by atoms with van der Waals surface area (Å²) in [5.74, 6) is 0.856. The van der Waals surface area contributed by atoms with E-state index < -0.39 is 11.7 Å². The molecular formula is C19H20F3N7. The fourth-order valence-corrected chi connectivity index (χ4v) is 3.28. The highest BCUT2D eigenvalue weighted by Crippen LogP contribution is 2.37. The molecule has 29 heavy (non-hydrogen) atoms. The van der Waals surface area contributed by atoms with Gasteiger partial charge in [0.25, 0.3) is 0 Å². The Bertz CT molecular complexity index is 934.